The minimum Gasteiger partial charge on any atom is -0.315 e. The molecule has 0 bridgehead atoms. The first-order chi connectivity index (χ1) is 13.0. The molecule has 7 nitrogen and oxygen atoms in total. The van der Waals surface area contributed by atoms with Gasteiger partial charge in [0.25, 0.3) is 11.5 Å². The maximum absolute atomic E-state index is 12.3. The Bertz CT molecular complexity index is 1010. The quantitative estimate of drug-likeness (QED) is 0.661. The highest BCUT2D eigenvalue weighted by Gasteiger charge is 2.16. The molecule has 2 aromatic heterocycles. The highest BCUT2D eigenvalue weighted by Crippen LogP contribution is 2.27. The van der Waals surface area contributed by atoms with Gasteiger partial charge in [0.15, 0.2) is 0 Å². The number of hydrazine groups is 1. The molecule has 0 aliphatic rings. The van der Waals surface area contributed by atoms with Gasteiger partial charge in [0.1, 0.15) is 9.88 Å². The van der Waals surface area contributed by atoms with Crippen LogP contribution in [0.5, 0.6) is 0 Å². The summed E-state index contributed by atoms with van der Waals surface area (Å²) in [6.45, 7) is 1.99. The van der Waals surface area contributed by atoms with Gasteiger partial charge in [0, 0.05) is 30.8 Å². The Hall–Kier alpha value is -3.26. The molecule has 2 heterocycles. The molecule has 0 saturated carbocycles. The van der Waals surface area contributed by atoms with Crippen molar-refractivity contribution in [1.29, 1.82) is 0 Å². The van der Waals surface area contributed by atoms with Gasteiger partial charge in [-0.3, -0.25) is 25.2 Å². The smallest absolute Gasteiger partial charge is 0.281 e. The number of nitrogens with zero attached hydrogens (tertiary/aromatic N) is 2. The number of benzene rings is 1. The van der Waals surface area contributed by atoms with Crippen molar-refractivity contribution in [3.63, 3.8) is 0 Å². The van der Waals surface area contributed by atoms with Crippen LogP contribution >= 0.6 is 11.3 Å². The van der Waals surface area contributed by atoms with Crippen LogP contribution in [0.1, 0.15) is 21.8 Å². The van der Waals surface area contributed by atoms with E-state index in [9.17, 15) is 14.4 Å². The third kappa shape index (κ3) is 4.68. The van der Waals surface area contributed by atoms with Gasteiger partial charge in [-0.1, -0.05) is 36.4 Å². The monoisotopic (exact) mass is 382 g/mol. The standard InChI is InChI=1S/C19H18N4O3S/c1-13-17(27-19(20-13)14-7-3-2-4-8-14)18(26)22-21-15(24)10-12-23-11-6-5-9-16(23)25/h2-9,11H,10,12H2,1H3,(H,21,24)(H,22,26). The van der Waals surface area contributed by atoms with Crippen molar-refractivity contribution in [3.05, 3.63) is 75.7 Å². The number of pyridine rings is 1. The molecule has 3 rings (SSSR count). The Balaban J connectivity index is 1.56. The van der Waals surface area contributed by atoms with Gasteiger partial charge in [-0.2, -0.15) is 0 Å². The summed E-state index contributed by atoms with van der Waals surface area (Å²) in [5.41, 5.74) is 6.12. The molecule has 1 aromatic carbocycles. The lowest BCUT2D eigenvalue weighted by molar-refractivity contribution is -0.122. The maximum atomic E-state index is 12.3. The molecular weight excluding hydrogens is 364 g/mol. The zero-order valence-corrected chi connectivity index (χ0v) is 15.5. The minimum absolute atomic E-state index is 0.0706. The van der Waals surface area contributed by atoms with Gasteiger partial charge in [-0.15, -0.1) is 11.3 Å². The number of thiazole rings is 1. The predicted molar refractivity (Wildman–Crippen MR) is 103 cm³/mol. The van der Waals surface area contributed by atoms with Crippen molar-refractivity contribution in [1.82, 2.24) is 20.4 Å². The first-order valence-corrected chi connectivity index (χ1v) is 9.14. The Kier molecular flexibility index (Phi) is 5.77. The fraction of sp³-hybridized carbons (Fsp3) is 0.158. The van der Waals surface area contributed by atoms with Crippen LogP contribution in [0.3, 0.4) is 0 Å². The molecule has 27 heavy (non-hydrogen) atoms. The number of nitrogens with one attached hydrogen (secondary N) is 2. The number of amides is 2. The third-order valence-electron chi connectivity index (χ3n) is 3.82. The highest BCUT2D eigenvalue weighted by molar-refractivity contribution is 7.17. The predicted octanol–water partition coefficient (Wildman–Crippen LogP) is 2.13. The molecule has 8 heteroatoms. The van der Waals surface area contributed by atoms with Crippen molar-refractivity contribution in [2.24, 2.45) is 0 Å². The second-order valence-corrected chi connectivity index (χ2v) is 6.78. The fourth-order valence-corrected chi connectivity index (χ4v) is 3.39. The zero-order valence-electron chi connectivity index (χ0n) is 14.6. The number of aromatic nitrogens is 2. The molecule has 138 valence electrons. The van der Waals surface area contributed by atoms with Crippen LogP contribution < -0.4 is 16.4 Å². The van der Waals surface area contributed by atoms with Gasteiger partial charge in [-0.25, -0.2) is 4.98 Å². The molecule has 0 unspecified atom stereocenters. The molecule has 0 aliphatic heterocycles. The lowest BCUT2D eigenvalue weighted by atomic mass is 10.2. The van der Waals surface area contributed by atoms with Crippen LogP contribution in [-0.4, -0.2) is 21.4 Å². The van der Waals surface area contributed by atoms with Crippen LogP contribution in [0.15, 0.2) is 59.5 Å². The molecule has 0 radical (unpaired) electrons. The summed E-state index contributed by atoms with van der Waals surface area (Å²) in [5, 5.41) is 0.744. The van der Waals surface area contributed by atoms with Crippen molar-refractivity contribution < 1.29 is 9.59 Å². The summed E-state index contributed by atoms with van der Waals surface area (Å²) >= 11 is 1.26. The molecule has 0 fully saturated rings. The average molecular weight is 382 g/mol. The normalized spacial score (nSPS) is 10.4. The Morgan fingerprint density at radius 1 is 1.07 bits per heavy atom. The first kappa shape index (κ1) is 18.5. The number of carbonyl (C=O) groups is 2. The van der Waals surface area contributed by atoms with Gasteiger partial charge >= 0.3 is 0 Å². The van der Waals surface area contributed by atoms with Crippen LogP contribution in [0.2, 0.25) is 0 Å². The third-order valence-corrected chi connectivity index (χ3v) is 5.02. The lowest BCUT2D eigenvalue weighted by Crippen LogP contribution is -2.42. The fourth-order valence-electron chi connectivity index (χ4n) is 2.42. The van der Waals surface area contributed by atoms with E-state index in [1.54, 1.807) is 25.3 Å². The van der Waals surface area contributed by atoms with Gasteiger partial charge in [0.05, 0.1) is 5.69 Å². The molecule has 0 aliphatic carbocycles. The minimum atomic E-state index is -0.419. The first-order valence-electron chi connectivity index (χ1n) is 8.32. The number of aryl methyl sites for hydroxylation is 2. The molecule has 2 N–H and O–H groups in total. The summed E-state index contributed by atoms with van der Waals surface area (Å²) in [5.74, 6) is -0.804. The maximum Gasteiger partial charge on any atom is 0.281 e. The Morgan fingerprint density at radius 2 is 1.81 bits per heavy atom. The van der Waals surface area contributed by atoms with Gasteiger partial charge in [-0.05, 0) is 13.0 Å². The molecule has 2 amide bonds. The van der Waals surface area contributed by atoms with E-state index < -0.39 is 5.91 Å². The van der Waals surface area contributed by atoms with Crippen molar-refractivity contribution in [2.75, 3.05) is 0 Å². The average Bonchev–Trinajstić information content (AvgIpc) is 3.08. The Labute approximate surface area is 159 Å². The molecule has 3 aromatic rings. The SMILES string of the molecule is Cc1nc(-c2ccccc2)sc1C(=O)NNC(=O)CCn1ccccc1=O. The zero-order chi connectivity index (χ0) is 19.2. The number of hydrogen-bond donors (Lipinski definition) is 2. The van der Waals surface area contributed by atoms with E-state index in [4.69, 9.17) is 0 Å². The topological polar surface area (TPSA) is 93.1 Å². The highest BCUT2D eigenvalue weighted by atomic mass is 32.1. The van der Waals surface area contributed by atoms with E-state index in [0.29, 0.717) is 10.6 Å². The van der Waals surface area contributed by atoms with E-state index in [2.05, 4.69) is 15.8 Å². The molecule has 0 saturated heterocycles. The van der Waals surface area contributed by atoms with Crippen LogP contribution in [0.4, 0.5) is 0 Å². The lowest BCUT2D eigenvalue weighted by Gasteiger charge is -2.07. The van der Waals surface area contributed by atoms with E-state index in [0.717, 1.165) is 10.6 Å². The van der Waals surface area contributed by atoms with E-state index in [-0.39, 0.29) is 24.4 Å². The van der Waals surface area contributed by atoms with Gasteiger partial charge < -0.3 is 4.57 Å². The summed E-state index contributed by atoms with van der Waals surface area (Å²) in [7, 11) is 0. The van der Waals surface area contributed by atoms with E-state index in [1.807, 2.05) is 30.3 Å². The van der Waals surface area contributed by atoms with E-state index in [1.165, 1.54) is 22.0 Å². The van der Waals surface area contributed by atoms with Crippen molar-refractivity contribution in [2.45, 2.75) is 19.9 Å². The number of rotatable bonds is 5. The van der Waals surface area contributed by atoms with Crippen LogP contribution in [0.25, 0.3) is 10.6 Å². The number of carbonyl (C=O) groups excluding carboxylic acids is 2. The summed E-state index contributed by atoms with van der Waals surface area (Å²) < 4.78 is 1.43. The Morgan fingerprint density at radius 3 is 2.56 bits per heavy atom. The summed E-state index contributed by atoms with van der Waals surface area (Å²) in [6.07, 6.45) is 1.68. The number of hydrogen-bond acceptors (Lipinski definition) is 5. The molecule has 0 spiro atoms. The van der Waals surface area contributed by atoms with Crippen molar-refractivity contribution >= 4 is 23.2 Å². The summed E-state index contributed by atoms with van der Waals surface area (Å²) in [4.78, 5) is 40.7. The summed E-state index contributed by atoms with van der Waals surface area (Å²) in [6, 6.07) is 14.4. The van der Waals surface area contributed by atoms with Crippen molar-refractivity contribution in [3.8, 4) is 10.6 Å². The van der Waals surface area contributed by atoms with E-state index >= 15 is 0 Å². The van der Waals surface area contributed by atoms with Gasteiger partial charge in [0.2, 0.25) is 5.91 Å². The molecular formula is C19H18N4O3S. The second kappa shape index (κ2) is 8.41. The van der Waals surface area contributed by atoms with Crippen LogP contribution in [-0.2, 0) is 11.3 Å². The van der Waals surface area contributed by atoms with Crippen LogP contribution in [0, 0.1) is 6.92 Å². The second-order valence-electron chi connectivity index (χ2n) is 5.78. The molecule has 0 atom stereocenters. The largest absolute Gasteiger partial charge is 0.315 e.